The second-order valence-electron chi connectivity index (χ2n) is 6.83. The largest absolute Gasteiger partial charge is 0.462 e. The number of carbonyl (C=O) groups is 3. The molecule has 0 bridgehead atoms. The monoisotopic (exact) mass is 462 g/mol. The highest BCUT2D eigenvalue weighted by Gasteiger charge is 2.31. The Kier molecular flexibility index (Phi) is 8.36. The third-order valence-corrected chi connectivity index (χ3v) is 6.80. The number of anilines is 1. The van der Waals surface area contributed by atoms with E-state index in [1.807, 2.05) is 30.3 Å². The molecule has 0 saturated heterocycles. The lowest BCUT2D eigenvalue weighted by atomic mass is 10.0. The second kappa shape index (κ2) is 11.2. The number of hydrogen-bond donors (Lipinski definition) is 1. The lowest BCUT2D eigenvalue weighted by Crippen LogP contribution is -2.36. The number of thiophene rings is 1. The lowest BCUT2D eigenvalue weighted by Gasteiger charge is -2.26. The number of fused-ring (bicyclic) bond motifs is 1. The molecule has 166 valence electrons. The number of amides is 2. The average Bonchev–Trinajstić information content (AvgIpc) is 3.11. The first-order valence-electron chi connectivity index (χ1n) is 10.2. The number of nitrogens with one attached hydrogen (secondary N) is 1. The second-order valence-corrected chi connectivity index (χ2v) is 8.92. The summed E-state index contributed by atoms with van der Waals surface area (Å²) in [4.78, 5) is 39.7. The van der Waals surface area contributed by atoms with Gasteiger partial charge in [-0.1, -0.05) is 30.3 Å². The van der Waals surface area contributed by atoms with Crippen molar-refractivity contribution in [2.24, 2.45) is 0 Å². The molecule has 9 heteroatoms. The van der Waals surface area contributed by atoms with Crippen LogP contribution in [0.5, 0.6) is 0 Å². The van der Waals surface area contributed by atoms with E-state index in [1.54, 1.807) is 18.7 Å². The fraction of sp³-hybridized carbons (Fsp3) is 0.409. The first-order valence-corrected chi connectivity index (χ1v) is 12.1. The molecule has 3 rings (SSSR count). The number of rotatable bonds is 8. The van der Waals surface area contributed by atoms with Crippen molar-refractivity contribution in [3.63, 3.8) is 0 Å². The van der Waals surface area contributed by atoms with Crippen LogP contribution in [0.15, 0.2) is 30.3 Å². The predicted octanol–water partition coefficient (Wildman–Crippen LogP) is 4.31. The fourth-order valence-corrected chi connectivity index (χ4v) is 5.34. The molecule has 0 atom stereocenters. The Bertz CT molecular complexity index is 929. The van der Waals surface area contributed by atoms with Gasteiger partial charge >= 0.3 is 12.1 Å². The summed E-state index contributed by atoms with van der Waals surface area (Å²) < 4.78 is 10.3. The van der Waals surface area contributed by atoms with Gasteiger partial charge < -0.3 is 19.7 Å². The molecular weight excluding hydrogens is 436 g/mol. The molecule has 1 aromatic carbocycles. The average molecular weight is 463 g/mol. The highest BCUT2D eigenvalue weighted by Crippen LogP contribution is 2.38. The molecule has 2 heterocycles. The number of thioether (sulfide) groups is 1. The molecule has 0 fully saturated rings. The number of carbonyl (C=O) groups excluding carboxylic acids is 3. The van der Waals surface area contributed by atoms with Crippen molar-refractivity contribution >= 4 is 46.1 Å². The van der Waals surface area contributed by atoms with Crippen molar-refractivity contribution in [1.82, 2.24) is 4.90 Å². The van der Waals surface area contributed by atoms with E-state index in [9.17, 15) is 14.4 Å². The Labute approximate surface area is 190 Å². The minimum Gasteiger partial charge on any atom is -0.462 e. The smallest absolute Gasteiger partial charge is 0.410 e. The summed E-state index contributed by atoms with van der Waals surface area (Å²) in [6.07, 6.45) is 0.138. The van der Waals surface area contributed by atoms with Crippen LogP contribution in [0.4, 0.5) is 9.80 Å². The zero-order valence-corrected chi connectivity index (χ0v) is 19.3. The molecule has 1 N–H and O–H groups in total. The number of ether oxygens (including phenoxy) is 2. The summed E-state index contributed by atoms with van der Waals surface area (Å²) >= 11 is 2.83. The van der Waals surface area contributed by atoms with Crippen LogP contribution in [0.3, 0.4) is 0 Å². The van der Waals surface area contributed by atoms with Gasteiger partial charge in [0.15, 0.2) is 0 Å². The minimum atomic E-state index is -0.447. The first kappa shape index (κ1) is 23.1. The van der Waals surface area contributed by atoms with E-state index in [4.69, 9.17) is 9.47 Å². The van der Waals surface area contributed by atoms with Gasteiger partial charge in [-0.25, -0.2) is 9.59 Å². The van der Waals surface area contributed by atoms with Crippen LogP contribution in [0, 0.1) is 0 Å². The summed E-state index contributed by atoms with van der Waals surface area (Å²) in [5, 5.41) is 3.37. The highest BCUT2D eigenvalue weighted by atomic mass is 32.2. The summed E-state index contributed by atoms with van der Waals surface area (Å²) in [6, 6.07) is 9.94. The van der Waals surface area contributed by atoms with Crippen LogP contribution in [0.1, 0.15) is 40.2 Å². The Hall–Kier alpha value is -2.52. The molecule has 1 aliphatic heterocycles. The number of esters is 1. The van der Waals surface area contributed by atoms with E-state index < -0.39 is 5.97 Å². The topological polar surface area (TPSA) is 84.9 Å². The SMILES string of the molecule is CCOC(=O)c1c(NC(=O)CSCc2ccccc2)sc2c1CCN(C(=O)OCC)C2. The van der Waals surface area contributed by atoms with E-state index in [0.29, 0.717) is 36.7 Å². The maximum atomic E-state index is 12.6. The molecule has 2 aromatic rings. The minimum absolute atomic E-state index is 0.174. The van der Waals surface area contributed by atoms with E-state index in [1.165, 1.54) is 23.1 Å². The zero-order chi connectivity index (χ0) is 22.2. The van der Waals surface area contributed by atoms with Crippen LogP contribution in [-0.2, 0) is 33.0 Å². The van der Waals surface area contributed by atoms with Crippen molar-refractivity contribution in [2.75, 3.05) is 30.8 Å². The Morgan fingerprint density at radius 3 is 2.58 bits per heavy atom. The van der Waals surface area contributed by atoms with E-state index in [2.05, 4.69) is 5.32 Å². The molecule has 7 nitrogen and oxygen atoms in total. The number of benzene rings is 1. The molecule has 2 amide bonds. The lowest BCUT2D eigenvalue weighted by molar-refractivity contribution is -0.113. The van der Waals surface area contributed by atoms with Crippen LogP contribution in [0.2, 0.25) is 0 Å². The van der Waals surface area contributed by atoms with Crippen molar-refractivity contribution in [2.45, 2.75) is 32.6 Å². The van der Waals surface area contributed by atoms with E-state index in [0.717, 1.165) is 21.8 Å². The summed E-state index contributed by atoms with van der Waals surface area (Å²) in [5.41, 5.74) is 2.40. The predicted molar refractivity (Wildman–Crippen MR) is 123 cm³/mol. The van der Waals surface area contributed by atoms with Gasteiger partial charge in [0.25, 0.3) is 0 Å². The van der Waals surface area contributed by atoms with Crippen LogP contribution in [-0.4, -0.2) is 48.4 Å². The van der Waals surface area contributed by atoms with Gasteiger partial charge in [-0.3, -0.25) is 4.79 Å². The summed E-state index contributed by atoms with van der Waals surface area (Å²) in [7, 11) is 0. The van der Waals surface area contributed by atoms with Crippen LogP contribution in [0.25, 0.3) is 0 Å². The first-order chi connectivity index (χ1) is 15.0. The van der Waals surface area contributed by atoms with Gasteiger partial charge in [0, 0.05) is 17.2 Å². The van der Waals surface area contributed by atoms with Crippen molar-refractivity contribution < 1.29 is 23.9 Å². The molecule has 1 aromatic heterocycles. The van der Waals surface area contributed by atoms with E-state index >= 15 is 0 Å². The normalized spacial score (nSPS) is 12.8. The third-order valence-electron chi connectivity index (χ3n) is 4.66. The Balaban J connectivity index is 1.70. The standard InChI is InChI=1S/C22H26N2O5S2/c1-3-28-21(26)19-16-10-11-24(22(27)29-4-2)12-17(16)31-20(19)23-18(25)14-30-13-15-8-6-5-7-9-15/h5-9H,3-4,10-14H2,1-2H3,(H,23,25). The molecular formula is C22H26N2O5S2. The summed E-state index contributed by atoms with van der Waals surface area (Å²) in [6.45, 7) is 4.87. The Morgan fingerprint density at radius 1 is 1.13 bits per heavy atom. The molecule has 0 spiro atoms. The number of hydrogen-bond acceptors (Lipinski definition) is 7. The van der Waals surface area contributed by atoms with Crippen molar-refractivity contribution in [1.29, 1.82) is 0 Å². The van der Waals surface area contributed by atoms with Crippen molar-refractivity contribution in [3.05, 3.63) is 51.9 Å². The van der Waals surface area contributed by atoms with Gasteiger partial charge in [-0.05, 0) is 31.4 Å². The van der Waals surface area contributed by atoms with Gasteiger partial charge in [0.2, 0.25) is 5.91 Å². The van der Waals surface area contributed by atoms with E-state index in [-0.39, 0.29) is 24.4 Å². The molecule has 0 saturated carbocycles. The number of nitrogens with zero attached hydrogens (tertiary/aromatic N) is 1. The molecule has 1 aliphatic rings. The van der Waals surface area contributed by atoms with Gasteiger partial charge in [0.05, 0.1) is 31.1 Å². The summed E-state index contributed by atoms with van der Waals surface area (Å²) in [5.74, 6) is 0.382. The van der Waals surface area contributed by atoms with Gasteiger partial charge in [-0.2, -0.15) is 0 Å². The molecule has 0 aliphatic carbocycles. The van der Waals surface area contributed by atoms with Gasteiger partial charge in [-0.15, -0.1) is 23.1 Å². The quantitative estimate of drug-likeness (QED) is 0.589. The molecule has 0 radical (unpaired) electrons. The molecule has 0 unspecified atom stereocenters. The van der Waals surface area contributed by atoms with Gasteiger partial charge in [0.1, 0.15) is 5.00 Å². The Morgan fingerprint density at radius 2 is 1.87 bits per heavy atom. The maximum Gasteiger partial charge on any atom is 0.410 e. The highest BCUT2D eigenvalue weighted by molar-refractivity contribution is 7.99. The van der Waals surface area contributed by atoms with Crippen LogP contribution < -0.4 is 5.32 Å². The zero-order valence-electron chi connectivity index (χ0n) is 17.6. The molecule has 31 heavy (non-hydrogen) atoms. The maximum absolute atomic E-state index is 12.6. The van der Waals surface area contributed by atoms with Crippen LogP contribution >= 0.6 is 23.1 Å². The fourth-order valence-electron chi connectivity index (χ4n) is 3.28. The third kappa shape index (κ3) is 6.01. The van der Waals surface area contributed by atoms with Crippen molar-refractivity contribution in [3.8, 4) is 0 Å².